The molecule has 0 aliphatic heterocycles. The summed E-state index contributed by atoms with van der Waals surface area (Å²) < 4.78 is 2.17. The molecule has 0 saturated carbocycles. The Balaban J connectivity index is 1.85. The molecule has 1 heterocycles. The minimum Gasteiger partial charge on any atom is -0.355 e. The topological polar surface area (TPSA) is 59.0 Å². The molecule has 0 atom stereocenters. The standard InChI is InChI=1S/C16H22N4O/c1-3-8-20-12-19-11-15(20)10-18-9-13-4-6-14(7-5-13)16(21)17-2/h4-7,11-12,18H,3,8-10H2,1-2H3,(H,17,21). The van der Waals surface area contributed by atoms with Gasteiger partial charge in [0.25, 0.3) is 5.91 Å². The average molecular weight is 286 g/mol. The van der Waals surface area contributed by atoms with Crippen LogP contribution in [0.2, 0.25) is 0 Å². The molecular formula is C16H22N4O. The van der Waals surface area contributed by atoms with Crippen molar-refractivity contribution in [2.75, 3.05) is 7.05 Å². The molecule has 21 heavy (non-hydrogen) atoms. The van der Waals surface area contributed by atoms with E-state index in [-0.39, 0.29) is 5.91 Å². The summed E-state index contributed by atoms with van der Waals surface area (Å²) in [5.41, 5.74) is 3.03. The number of carbonyl (C=O) groups excluding carboxylic acids is 1. The Morgan fingerprint density at radius 3 is 2.67 bits per heavy atom. The first-order valence-corrected chi connectivity index (χ1v) is 7.25. The molecule has 0 aliphatic rings. The van der Waals surface area contributed by atoms with Gasteiger partial charge in [0, 0.05) is 38.4 Å². The molecule has 1 aromatic carbocycles. The largest absolute Gasteiger partial charge is 0.355 e. The number of amides is 1. The van der Waals surface area contributed by atoms with Gasteiger partial charge in [-0.2, -0.15) is 0 Å². The molecule has 1 aromatic heterocycles. The minimum absolute atomic E-state index is 0.0574. The Labute approximate surface area is 125 Å². The van der Waals surface area contributed by atoms with E-state index in [1.807, 2.05) is 36.8 Å². The number of nitrogens with zero attached hydrogens (tertiary/aromatic N) is 2. The van der Waals surface area contributed by atoms with Crippen LogP contribution >= 0.6 is 0 Å². The lowest BCUT2D eigenvalue weighted by molar-refractivity contribution is 0.0963. The molecule has 112 valence electrons. The van der Waals surface area contributed by atoms with Crippen molar-refractivity contribution in [1.29, 1.82) is 0 Å². The first-order chi connectivity index (χ1) is 10.2. The number of aryl methyl sites for hydroxylation is 1. The van der Waals surface area contributed by atoms with Crippen LogP contribution in [0, 0.1) is 0 Å². The monoisotopic (exact) mass is 286 g/mol. The normalized spacial score (nSPS) is 10.6. The summed E-state index contributed by atoms with van der Waals surface area (Å²) in [6.07, 6.45) is 4.88. The van der Waals surface area contributed by atoms with Gasteiger partial charge in [0.05, 0.1) is 12.0 Å². The average Bonchev–Trinajstić information content (AvgIpc) is 2.95. The van der Waals surface area contributed by atoms with Crippen molar-refractivity contribution in [3.05, 3.63) is 53.6 Å². The Morgan fingerprint density at radius 1 is 1.24 bits per heavy atom. The maximum atomic E-state index is 11.5. The van der Waals surface area contributed by atoms with Crippen molar-refractivity contribution >= 4 is 5.91 Å². The second-order valence-corrected chi connectivity index (χ2v) is 4.96. The third kappa shape index (κ3) is 4.16. The van der Waals surface area contributed by atoms with Gasteiger partial charge < -0.3 is 15.2 Å². The maximum Gasteiger partial charge on any atom is 0.251 e. The summed E-state index contributed by atoms with van der Waals surface area (Å²) in [6, 6.07) is 7.64. The van der Waals surface area contributed by atoms with Crippen molar-refractivity contribution in [2.45, 2.75) is 33.0 Å². The molecule has 2 aromatic rings. The summed E-state index contributed by atoms with van der Waals surface area (Å²) in [5, 5.41) is 6.02. The number of carbonyl (C=O) groups is 1. The van der Waals surface area contributed by atoms with Gasteiger partial charge in [0.1, 0.15) is 0 Å². The molecule has 0 fully saturated rings. The summed E-state index contributed by atoms with van der Waals surface area (Å²) in [6.45, 7) is 4.71. The Hall–Kier alpha value is -2.14. The van der Waals surface area contributed by atoms with Crippen LogP contribution in [0.15, 0.2) is 36.8 Å². The Bertz CT molecular complexity index is 574. The first kappa shape index (κ1) is 15.3. The molecule has 0 spiro atoms. The molecule has 0 aliphatic carbocycles. The van der Waals surface area contributed by atoms with Gasteiger partial charge in [0.2, 0.25) is 0 Å². The summed E-state index contributed by atoms with van der Waals surface area (Å²) in [5.74, 6) is -0.0574. The molecule has 5 nitrogen and oxygen atoms in total. The highest BCUT2D eigenvalue weighted by Crippen LogP contribution is 2.05. The Kier molecular flexibility index (Phi) is 5.51. The van der Waals surface area contributed by atoms with E-state index in [0.717, 1.165) is 31.6 Å². The smallest absolute Gasteiger partial charge is 0.251 e. The molecule has 0 radical (unpaired) electrons. The van der Waals surface area contributed by atoms with Crippen LogP contribution in [0.4, 0.5) is 0 Å². The van der Waals surface area contributed by atoms with Gasteiger partial charge in [-0.1, -0.05) is 19.1 Å². The van der Waals surface area contributed by atoms with Crippen molar-refractivity contribution in [1.82, 2.24) is 20.2 Å². The number of imidazole rings is 1. The second kappa shape index (κ2) is 7.59. The lowest BCUT2D eigenvalue weighted by atomic mass is 10.1. The van der Waals surface area contributed by atoms with Crippen LogP contribution in [0.25, 0.3) is 0 Å². The number of benzene rings is 1. The fraction of sp³-hybridized carbons (Fsp3) is 0.375. The molecular weight excluding hydrogens is 264 g/mol. The quantitative estimate of drug-likeness (QED) is 0.818. The van der Waals surface area contributed by atoms with Crippen LogP contribution in [-0.2, 0) is 19.6 Å². The van der Waals surface area contributed by atoms with Crippen LogP contribution < -0.4 is 10.6 Å². The van der Waals surface area contributed by atoms with Crippen molar-refractivity contribution in [2.24, 2.45) is 0 Å². The van der Waals surface area contributed by atoms with Gasteiger partial charge in [-0.3, -0.25) is 4.79 Å². The highest BCUT2D eigenvalue weighted by atomic mass is 16.1. The van der Waals surface area contributed by atoms with Crippen LogP contribution in [0.5, 0.6) is 0 Å². The van der Waals surface area contributed by atoms with E-state index in [1.165, 1.54) is 5.69 Å². The summed E-state index contributed by atoms with van der Waals surface area (Å²) in [4.78, 5) is 15.6. The highest BCUT2D eigenvalue weighted by Gasteiger charge is 2.03. The number of rotatable bonds is 7. The predicted molar refractivity (Wildman–Crippen MR) is 82.9 cm³/mol. The number of hydrogen-bond donors (Lipinski definition) is 2. The fourth-order valence-corrected chi connectivity index (χ4v) is 2.19. The Morgan fingerprint density at radius 2 is 2.00 bits per heavy atom. The second-order valence-electron chi connectivity index (χ2n) is 4.96. The molecule has 2 rings (SSSR count). The number of hydrogen-bond acceptors (Lipinski definition) is 3. The molecule has 1 amide bonds. The van der Waals surface area contributed by atoms with Gasteiger partial charge >= 0.3 is 0 Å². The van der Waals surface area contributed by atoms with Crippen molar-refractivity contribution in [3.8, 4) is 0 Å². The maximum absolute atomic E-state index is 11.5. The van der Waals surface area contributed by atoms with Gasteiger partial charge in [0.15, 0.2) is 0 Å². The van der Waals surface area contributed by atoms with E-state index in [0.29, 0.717) is 5.56 Å². The first-order valence-electron chi connectivity index (χ1n) is 7.25. The summed E-state index contributed by atoms with van der Waals surface area (Å²) in [7, 11) is 1.64. The third-order valence-electron chi connectivity index (χ3n) is 3.34. The fourth-order valence-electron chi connectivity index (χ4n) is 2.19. The van der Waals surface area contributed by atoms with Gasteiger partial charge in [-0.15, -0.1) is 0 Å². The van der Waals surface area contributed by atoms with E-state index in [9.17, 15) is 4.79 Å². The zero-order chi connectivity index (χ0) is 15.1. The van der Waals surface area contributed by atoms with Crippen LogP contribution in [-0.4, -0.2) is 22.5 Å². The van der Waals surface area contributed by atoms with E-state index >= 15 is 0 Å². The number of aromatic nitrogens is 2. The van der Waals surface area contributed by atoms with E-state index in [2.05, 4.69) is 27.1 Å². The van der Waals surface area contributed by atoms with Crippen LogP contribution in [0.3, 0.4) is 0 Å². The SMILES string of the molecule is CCCn1cncc1CNCc1ccc(C(=O)NC)cc1. The lowest BCUT2D eigenvalue weighted by Crippen LogP contribution is -2.18. The minimum atomic E-state index is -0.0574. The zero-order valence-electron chi connectivity index (χ0n) is 12.6. The van der Waals surface area contributed by atoms with Gasteiger partial charge in [-0.25, -0.2) is 4.98 Å². The van der Waals surface area contributed by atoms with E-state index in [1.54, 1.807) is 7.05 Å². The van der Waals surface area contributed by atoms with Crippen molar-refractivity contribution in [3.63, 3.8) is 0 Å². The summed E-state index contributed by atoms with van der Waals surface area (Å²) >= 11 is 0. The lowest BCUT2D eigenvalue weighted by Gasteiger charge is -2.08. The molecule has 5 heteroatoms. The van der Waals surface area contributed by atoms with Gasteiger partial charge in [-0.05, 0) is 24.1 Å². The number of nitrogens with one attached hydrogen (secondary N) is 2. The molecule has 0 saturated heterocycles. The van der Waals surface area contributed by atoms with E-state index < -0.39 is 0 Å². The molecule has 2 N–H and O–H groups in total. The molecule has 0 unspecified atom stereocenters. The van der Waals surface area contributed by atoms with E-state index in [4.69, 9.17) is 0 Å². The third-order valence-corrected chi connectivity index (χ3v) is 3.34. The molecule has 0 bridgehead atoms. The highest BCUT2D eigenvalue weighted by molar-refractivity contribution is 5.93. The zero-order valence-corrected chi connectivity index (χ0v) is 12.6. The van der Waals surface area contributed by atoms with Crippen molar-refractivity contribution < 1.29 is 4.79 Å². The predicted octanol–water partition coefficient (Wildman–Crippen LogP) is 1.94. The van der Waals surface area contributed by atoms with Crippen LogP contribution in [0.1, 0.15) is 35.0 Å².